The van der Waals surface area contributed by atoms with Gasteiger partial charge in [-0.05, 0) is 29.0 Å². The highest BCUT2D eigenvalue weighted by Crippen LogP contribution is 2.23. The number of anilines is 1. The second kappa shape index (κ2) is 6.25. The van der Waals surface area contributed by atoms with Crippen molar-refractivity contribution < 1.29 is 0 Å². The molecular weight excluding hydrogens is 325 g/mol. The molecule has 2 N–H and O–H groups in total. The first-order valence-corrected chi connectivity index (χ1v) is 7.14. The molecule has 9 heteroatoms. The number of aromatic nitrogens is 6. The standard InChI is InChI=1S/C13H11Cl2N7/c14-9-2-1-8(5-10(9)15)6-12-19-21-22(20-12)7-13-17-4-3-11(16)18-13/h1-5H,6-7H2,(H2,16,17,18). The molecule has 22 heavy (non-hydrogen) atoms. The molecule has 7 nitrogen and oxygen atoms in total. The van der Waals surface area contributed by atoms with Gasteiger partial charge in [0.15, 0.2) is 11.6 Å². The van der Waals surface area contributed by atoms with Crippen molar-refractivity contribution in [2.45, 2.75) is 13.0 Å². The van der Waals surface area contributed by atoms with Crippen molar-refractivity contribution in [2.75, 3.05) is 5.73 Å². The second-order valence-electron chi connectivity index (χ2n) is 4.56. The van der Waals surface area contributed by atoms with Gasteiger partial charge in [0.2, 0.25) is 0 Å². The van der Waals surface area contributed by atoms with Crippen LogP contribution in [-0.2, 0) is 13.0 Å². The molecule has 0 aliphatic carbocycles. The number of hydrogen-bond donors (Lipinski definition) is 1. The summed E-state index contributed by atoms with van der Waals surface area (Å²) in [6.45, 7) is 0.305. The Labute approximate surface area is 136 Å². The van der Waals surface area contributed by atoms with Crippen LogP contribution in [0.15, 0.2) is 30.5 Å². The molecule has 0 unspecified atom stereocenters. The molecule has 0 saturated heterocycles. The predicted molar refractivity (Wildman–Crippen MR) is 82.6 cm³/mol. The topological polar surface area (TPSA) is 95.4 Å². The van der Waals surface area contributed by atoms with E-state index < -0.39 is 0 Å². The van der Waals surface area contributed by atoms with Crippen LogP contribution < -0.4 is 5.73 Å². The zero-order chi connectivity index (χ0) is 15.5. The van der Waals surface area contributed by atoms with Gasteiger partial charge in [0.25, 0.3) is 0 Å². The van der Waals surface area contributed by atoms with E-state index in [1.54, 1.807) is 24.4 Å². The highest BCUT2D eigenvalue weighted by Gasteiger charge is 2.08. The molecule has 3 rings (SSSR count). The normalized spacial score (nSPS) is 10.8. The molecular formula is C13H11Cl2N7. The van der Waals surface area contributed by atoms with E-state index in [9.17, 15) is 0 Å². The molecule has 0 atom stereocenters. The molecule has 2 aromatic heterocycles. The minimum Gasteiger partial charge on any atom is -0.384 e. The van der Waals surface area contributed by atoms with Crippen molar-refractivity contribution in [3.05, 3.63) is 57.7 Å². The fraction of sp³-hybridized carbons (Fsp3) is 0.154. The fourth-order valence-corrected chi connectivity index (χ4v) is 2.18. The molecule has 0 amide bonds. The first-order chi connectivity index (χ1) is 10.6. The quantitative estimate of drug-likeness (QED) is 0.783. The monoisotopic (exact) mass is 335 g/mol. The zero-order valence-corrected chi connectivity index (χ0v) is 12.8. The molecule has 0 aliphatic rings. The fourth-order valence-electron chi connectivity index (χ4n) is 1.86. The Morgan fingerprint density at radius 2 is 1.95 bits per heavy atom. The molecule has 112 valence electrons. The minimum absolute atomic E-state index is 0.305. The number of nitrogens with two attached hydrogens (primary N) is 1. The lowest BCUT2D eigenvalue weighted by Crippen LogP contribution is -2.08. The van der Waals surface area contributed by atoms with Crippen molar-refractivity contribution in [2.24, 2.45) is 0 Å². The van der Waals surface area contributed by atoms with Gasteiger partial charge in [-0.2, -0.15) is 4.80 Å². The summed E-state index contributed by atoms with van der Waals surface area (Å²) in [6, 6.07) is 7.01. The number of benzene rings is 1. The van der Waals surface area contributed by atoms with Crippen LogP contribution in [0.1, 0.15) is 17.2 Å². The zero-order valence-electron chi connectivity index (χ0n) is 11.3. The summed E-state index contributed by atoms with van der Waals surface area (Å²) in [5.74, 6) is 1.50. The van der Waals surface area contributed by atoms with Crippen LogP contribution in [0, 0.1) is 0 Å². The van der Waals surface area contributed by atoms with E-state index in [2.05, 4.69) is 25.4 Å². The van der Waals surface area contributed by atoms with E-state index in [-0.39, 0.29) is 0 Å². The highest BCUT2D eigenvalue weighted by molar-refractivity contribution is 6.42. The van der Waals surface area contributed by atoms with Crippen molar-refractivity contribution in [1.29, 1.82) is 0 Å². The van der Waals surface area contributed by atoms with Gasteiger partial charge in [-0.1, -0.05) is 29.3 Å². The Balaban J connectivity index is 1.72. The maximum absolute atomic E-state index is 5.99. The van der Waals surface area contributed by atoms with Crippen LogP contribution in [0.2, 0.25) is 10.0 Å². The van der Waals surface area contributed by atoms with Gasteiger partial charge >= 0.3 is 0 Å². The number of nitrogens with zero attached hydrogens (tertiary/aromatic N) is 6. The van der Waals surface area contributed by atoms with Crippen LogP contribution in [0.4, 0.5) is 5.82 Å². The molecule has 3 aromatic rings. The van der Waals surface area contributed by atoms with Crippen LogP contribution in [0.3, 0.4) is 0 Å². The van der Waals surface area contributed by atoms with E-state index in [4.69, 9.17) is 28.9 Å². The van der Waals surface area contributed by atoms with Gasteiger partial charge in [-0.3, -0.25) is 0 Å². The maximum Gasteiger partial charge on any atom is 0.179 e. The third-order valence-corrected chi connectivity index (χ3v) is 3.59. The molecule has 0 aliphatic heterocycles. The van der Waals surface area contributed by atoms with E-state index >= 15 is 0 Å². The Bertz CT molecular complexity index is 803. The summed E-state index contributed by atoms with van der Waals surface area (Å²) in [6.07, 6.45) is 2.10. The average Bonchev–Trinajstić information content (AvgIpc) is 2.90. The number of tetrazole rings is 1. The minimum atomic E-state index is 0.305. The lowest BCUT2D eigenvalue weighted by molar-refractivity contribution is 0.553. The molecule has 0 bridgehead atoms. The lowest BCUT2D eigenvalue weighted by atomic mass is 10.1. The lowest BCUT2D eigenvalue weighted by Gasteiger charge is -2.00. The molecule has 2 heterocycles. The van der Waals surface area contributed by atoms with Gasteiger partial charge in [0, 0.05) is 12.6 Å². The molecule has 0 radical (unpaired) electrons. The third kappa shape index (κ3) is 3.49. The van der Waals surface area contributed by atoms with E-state index in [1.807, 2.05) is 6.07 Å². The number of halogens is 2. The Hall–Kier alpha value is -2.25. The van der Waals surface area contributed by atoms with Gasteiger partial charge in [-0.25, -0.2) is 9.97 Å². The first kappa shape index (κ1) is 14.7. The molecule has 0 spiro atoms. The second-order valence-corrected chi connectivity index (χ2v) is 5.37. The number of rotatable bonds is 4. The van der Waals surface area contributed by atoms with Crippen LogP contribution >= 0.6 is 23.2 Å². The Morgan fingerprint density at radius 1 is 1.09 bits per heavy atom. The summed E-state index contributed by atoms with van der Waals surface area (Å²) in [5.41, 5.74) is 6.56. The SMILES string of the molecule is Nc1ccnc(Cn2nnc(Cc3ccc(Cl)c(Cl)c3)n2)n1. The van der Waals surface area contributed by atoms with Crippen molar-refractivity contribution in [1.82, 2.24) is 30.2 Å². The van der Waals surface area contributed by atoms with E-state index in [0.717, 1.165) is 5.56 Å². The van der Waals surface area contributed by atoms with Crippen molar-refractivity contribution >= 4 is 29.0 Å². The maximum atomic E-state index is 5.99. The van der Waals surface area contributed by atoms with Crippen LogP contribution in [0.25, 0.3) is 0 Å². The Morgan fingerprint density at radius 3 is 2.73 bits per heavy atom. The highest BCUT2D eigenvalue weighted by atomic mass is 35.5. The average molecular weight is 336 g/mol. The van der Waals surface area contributed by atoms with Crippen molar-refractivity contribution in [3.8, 4) is 0 Å². The summed E-state index contributed by atoms with van der Waals surface area (Å²) in [4.78, 5) is 9.60. The predicted octanol–water partition coefficient (Wildman–Crippen LogP) is 1.99. The molecule has 1 aromatic carbocycles. The third-order valence-electron chi connectivity index (χ3n) is 2.85. The molecule has 0 fully saturated rings. The van der Waals surface area contributed by atoms with Gasteiger partial charge in [0.05, 0.1) is 10.0 Å². The summed E-state index contributed by atoms with van der Waals surface area (Å²) >= 11 is 11.9. The van der Waals surface area contributed by atoms with Gasteiger partial charge in [-0.15, -0.1) is 10.2 Å². The summed E-state index contributed by atoms with van der Waals surface area (Å²) in [7, 11) is 0. The van der Waals surface area contributed by atoms with E-state index in [0.29, 0.717) is 40.5 Å². The van der Waals surface area contributed by atoms with Crippen LogP contribution in [-0.4, -0.2) is 30.2 Å². The molecule has 0 saturated carbocycles. The van der Waals surface area contributed by atoms with Crippen molar-refractivity contribution in [3.63, 3.8) is 0 Å². The summed E-state index contributed by atoms with van der Waals surface area (Å²) < 4.78 is 0. The Kier molecular flexibility index (Phi) is 4.17. The van der Waals surface area contributed by atoms with Gasteiger partial charge < -0.3 is 5.73 Å². The number of nitrogen functional groups attached to an aromatic ring is 1. The number of hydrogen-bond acceptors (Lipinski definition) is 6. The largest absolute Gasteiger partial charge is 0.384 e. The smallest absolute Gasteiger partial charge is 0.179 e. The first-order valence-electron chi connectivity index (χ1n) is 6.38. The van der Waals surface area contributed by atoms with E-state index in [1.165, 1.54) is 4.80 Å². The van der Waals surface area contributed by atoms with Crippen LogP contribution in [0.5, 0.6) is 0 Å². The summed E-state index contributed by atoms with van der Waals surface area (Å²) in [5, 5.41) is 13.3. The van der Waals surface area contributed by atoms with Gasteiger partial charge in [0.1, 0.15) is 12.4 Å².